The molecule has 0 amide bonds. The van der Waals surface area contributed by atoms with Crippen molar-refractivity contribution >= 4 is 11.4 Å². The van der Waals surface area contributed by atoms with Crippen molar-refractivity contribution in [2.24, 2.45) is 0 Å². The summed E-state index contributed by atoms with van der Waals surface area (Å²) in [5.41, 5.74) is 3.81. The van der Waals surface area contributed by atoms with Gasteiger partial charge in [0.05, 0.1) is 22.9 Å². The summed E-state index contributed by atoms with van der Waals surface area (Å²) < 4.78 is 0. The first-order valence-corrected chi connectivity index (χ1v) is 5.51. The summed E-state index contributed by atoms with van der Waals surface area (Å²) in [5, 5.41) is 21.1. The maximum atomic E-state index is 9.00. The maximum absolute atomic E-state index is 9.00. The molecular weight excluding hydrogens is 222 g/mol. The molecule has 86 valence electrons. The molecule has 0 fully saturated rings. The molecule has 0 unspecified atom stereocenters. The fourth-order valence-corrected chi connectivity index (χ4v) is 1.71. The molecule has 0 bridgehead atoms. The summed E-state index contributed by atoms with van der Waals surface area (Å²) in [4.78, 5) is 0. The minimum atomic E-state index is 0.597. The minimum Gasteiger partial charge on any atom is -0.354 e. The Morgan fingerprint density at radius 3 is 2.33 bits per heavy atom. The lowest BCUT2D eigenvalue weighted by atomic mass is 10.1. The highest BCUT2D eigenvalue weighted by atomic mass is 14.9. The van der Waals surface area contributed by atoms with E-state index in [1.807, 2.05) is 37.3 Å². The van der Waals surface area contributed by atoms with Crippen LogP contribution in [0.4, 0.5) is 11.4 Å². The minimum absolute atomic E-state index is 0.597. The lowest BCUT2D eigenvalue weighted by Gasteiger charge is -2.09. The Balaban J connectivity index is 2.33. The van der Waals surface area contributed by atoms with Crippen LogP contribution in [-0.2, 0) is 0 Å². The molecule has 0 spiro atoms. The molecule has 3 nitrogen and oxygen atoms in total. The normalized spacial score (nSPS) is 9.28. The largest absolute Gasteiger partial charge is 0.354 e. The molecule has 1 N–H and O–H groups in total. The van der Waals surface area contributed by atoms with Gasteiger partial charge in [0.15, 0.2) is 0 Å². The molecule has 0 saturated carbocycles. The van der Waals surface area contributed by atoms with E-state index in [1.165, 1.54) is 0 Å². The molecule has 0 heterocycles. The number of hydrogen-bond donors (Lipinski definition) is 1. The van der Waals surface area contributed by atoms with Crippen molar-refractivity contribution in [3.8, 4) is 12.1 Å². The quantitative estimate of drug-likeness (QED) is 0.863. The Kier molecular flexibility index (Phi) is 3.27. The number of nitrogens with zero attached hydrogens (tertiary/aromatic N) is 2. The van der Waals surface area contributed by atoms with Crippen molar-refractivity contribution in [2.75, 3.05) is 5.32 Å². The topological polar surface area (TPSA) is 59.6 Å². The first-order valence-electron chi connectivity index (χ1n) is 5.51. The van der Waals surface area contributed by atoms with Crippen LogP contribution >= 0.6 is 0 Å². The molecule has 2 rings (SSSR count). The van der Waals surface area contributed by atoms with Crippen LogP contribution in [0.15, 0.2) is 42.5 Å². The summed E-state index contributed by atoms with van der Waals surface area (Å²) in [6.07, 6.45) is 0. The van der Waals surface area contributed by atoms with Crippen molar-refractivity contribution in [2.45, 2.75) is 6.92 Å². The fraction of sp³-hybridized carbons (Fsp3) is 0.0667. The Labute approximate surface area is 106 Å². The number of para-hydroxylation sites is 1. The highest BCUT2D eigenvalue weighted by Crippen LogP contribution is 2.22. The van der Waals surface area contributed by atoms with E-state index in [0.29, 0.717) is 11.1 Å². The van der Waals surface area contributed by atoms with E-state index in [1.54, 1.807) is 12.1 Å². The van der Waals surface area contributed by atoms with Crippen LogP contribution < -0.4 is 5.32 Å². The zero-order chi connectivity index (χ0) is 13.0. The number of rotatable bonds is 2. The average Bonchev–Trinajstić information content (AvgIpc) is 2.39. The smallest absolute Gasteiger partial charge is 0.101 e. The lowest BCUT2D eigenvalue weighted by molar-refractivity contribution is 1.38. The highest BCUT2D eigenvalue weighted by molar-refractivity contribution is 5.67. The van der Waals surface area contributed by atoms with Crippen molar-refractivity contribution in [1.29, 1.82) is 10.5 Å². The van der Waals surface area contributed by atoms with Crippen LogP contribution in [0, 0.1) is 29.6 Å². The molecular formula is C15H11N3. The maximum Gasteiger partial charge on any atom is 0.101 e. The monoisotopic (exact) mass is 233 g/mol. The third kappa shape index (κ3) is 2.31. The second-order valence-corrected chi connectivity index (χ2v) is 3.92. The number of benzene rings is 2. The number of nitriles is 2. The van der Waals surface area contributed by atoms with Gasteiger partial charge in [-0.3, -0.25) is 0 Å². The van der Waals surface area contributed by atoms with Gasteiger partial charge < -0.3 is 5.32 Å². The average molecular weight is 233 g/mol. The molecule has 0 aromatic heterocycles. The van der Waals surface area contributed by atoms with E-state index in [9.17, 15) is 0 Å². The predicted molar refractivity (Wildman–Crippen MR) is 70.3 cm³/mol. The van der Waals surface area contributed by atoms with Crippen molar-refractivity contribution in [3.63, 3.8) is 0 Å². The molecule has 2 aromatic carbocycles. The number of nitrogens with one attached hydrogen (secondary N) is 1. The summed E-state index contributed by atoms with van der Waals surface area (Å²) in [7, 11) is 0. The van der Waals surface area contributed by atoms with E-state index in [4.69, 9.17) is 10.5 Å². The molecule has 0 aliphatic carbocycles. The van der Waals surface area contributed by atoms with Crippen molar-refractivity contribution < 1.29 is 0 Å². The van der Waals surface area contributed by atoms with E-state index in [0.717, 1.165) is 16.9 Å². The highest BCUT2D eigenvalue weighted by Gasteiger charge is 2.03. The molecule has 0 radical (unpaired) electrons. The molecule has 0 aliphatic rings. The van der Waals surface area contributed by atoms with Gasteiger partial charge in [-0.25, -0.2) is 0 Å². The van der Waals surface area contributed by atoms with Crippen LogP contribution in [0.3, 0.4) is 0 Å². The fourth-order valence-electron chi connectivity index (χ4n) is 1.71. The van der Waals surface area contributed by atoms with Gasteiger partial charge in [-0.05, 0) is 42.8 Å². The second kappa shape index (κ2) is 5.03. The zero-order valence-electron chi connectivity index (χ0n) is 9.94. The molecule has 18 heavy (non-hydrogen) atoms. The van der Waals surface area contributed by atoms with E-state index in [2.05, 4.69) is 17.5 Å². The standard InChI is InChI=1S/C15H11N3/c1-11-8-14(7-6-12(11)9-16)18-15-5-3-2-4-13(15)10-17/h2-8,18H,1H3. The zero-order valence-corrected chi connectivity index (χ0v) is 9.94. The van der Waals surface area contributed by atoms with Gasteiger partial charge in [-0.15, -0.1) is 0 Å². The third-order valence-corrected chi connectivity index (χ3v) is 2.67. The van der Waals surface area contributed by atoms with Crippen LogP contribution in [0.1, 0.15) is 16.7 Å². The van der Waals surface area contributed by atoms with Crippen molar-refractivity contribution in [3.05, 3.63) is 59.2 Å². The van der Waals surface area contributed by atoms with E-state index < -0.39 is 0 Å². The van der Waals surface area contributed by atoms with Gasteiger partial charge in [0, 0.05) is 5.69 Å². The number of hydrogen-bond acceptors (Lipinski definition) is 3. The third-order valence-electron chi connectivity index (χ3n) is 2.67. The van der Waals surface area contributed by atoms with Gasteiger partial charge in [0.1, 0.15) is 6.07 Å². The molecule has 3 heteroatoms. The van der Waals surface area contributed by atoms with Crippen LogP contribution in [0.2, 0.25) is 0 Å². The van der Waals surface area contributed by atoms with E-state index in [-0.39, 0.29) is 0 Å². The summed E-state index contributed by atoms with van der Waals surface area (Å²) >= 11 is 0. The second-order valence-electron chi connectivity index (χ2n) is 3.92. The summed E-state index contributed by atoms with van der Waals surface area (Å²) in [6.45, 7) is 1.89. The molecule has 0 atom stereocenters. The summed E-state index contributed by atoms with van der Waals surface area (Å²) in [5.74, 6) is 0. The first-order chi connectivity index (χ1) is 8.74. The number of anilines is 2. The van der Waals surface area contributed by atoms with Gasteiger partial charge in [0.2, 0.25) is 0 Å². The molecule has 2 aromatic rings. The van der Waals surface area contributed by atoms with Crippen LogP contribution in [-0.4, -0.2) is 0 Å². The number of aryl methyl sites for hydroxylation is 1. The van der Waals surface area contributed by atoms with Gasteiger partial charge in [0.25, 0.3) is 0 Å². The first kappa shape index (κ1) is 11.7. The van der Waals surface area contributed by atoms with Gasteiger partial charge in [-0.1, -0.05) is 12.1 Å². The van der Waals surface area contributed by atoms with Gasteiger partial charge >= 0.3 is 0 Å². The van der Waals surface area contributed by atoms with Crippen molar-refractivity contribution in [1.82, 2.24) is 0 Å². The Morgan fingerprint density at radius 1 is 0.944 bits per heavy atom. The van der Waals surface area contributed by atoms with Crippen LogP contribution in [0.5, 0.6) is 0 Å². The van der Waals surface area contributed by atoms with Crippen LogP contribution in [0.25, 0.3) is 0 Å². The lowest BCUT2D eigenvalue weighted by Crippen LogP contribution is -1.94. The van der Waals surface area contributed by atoms with Gasteiger partial charge in [-0.2, -0.15) is 10.5 Å². The predicted octanol–water partition coefficient (Wildman–Crippen LogP) is 3.48. The molecule has 0 aliphatic heterocycles. The Hall–Kier alpha value is -2.78. The Morgan fingerprint density at radius 2 is 1.67 bits per heavy atom. The SMILES string of the molecule is Cc1cc(Nc2ccccc2C#N)ccc1C#N. The molecule has 0 saturated heterocycles. The Bertz CT molecular complexity index is 660. The summed E-state index contributed by atoms with van der Waals surface area (Å²) in [6, 6.07) is 17.1. The van der Waals surface area contributed by atoms with E-state index >= 15 is 0 Å².